The summed E-state index contributed by atoms with van der Waals surface area (Å²) in [6.45, 7) is 1.87. The van der Waals surface area contributed by atoms with Gasteiger partial charge in [0.1, 0.15) is 5.75 Å². The number of benzene rings is 1. The zero-order valence-corrected chi connectivity index (χ0v) is 13.1. The van der Waals surface area contributed by atoms with Gasteiger partial charge >= 0.3 is 0 Å². The van der Waals surface area contributed by atoms with E-state index in [0.29, 0.717) is 4.34 Å². The summed E-state index contributed by atoms with van der Waals surface area (Å²) in [6, 6.07) is 8.24. The smallest absolute Gasteiger partial charge is 0.255 e. The Hall–Kier alpha value is -1.04. The van der Waals surface area contributed by atoms with Gasteiger partial charge in [-0.2, -0.15) is 0 Å². The fourth-order valence-electron chi connectivity index (χ4n) is 1.60. The van der Waals surface area contributed by atoms with Gasteiger partial charge in [0.05, 0.1) is 15.9 Å². The highest BCUT2D eigenvalue weighted by Gasteiger charge is 2.16. The molecule has 0 aliphatic heterocycles. The molecule has 100 valence electrons. The zero-order chi connectivity index (χ0) is 14.0. The van der Waals surface area contributed by atoms with Gasteiger partial charge in [0, 0.05) is 9.35 Å². The maximum Gasteiger partial charge on any atom is 0.255 e. The lowest BCUT2D eigenvalue weighted by molar-refractivity contribution is 0.0938. The standard InChI is InChI=1S/C13H11BrClNO2S/c1-7(11-4-5-12(15)19-11)16-13(18)9-6-8(14)2-3-10(9)17/h2-7,17H,1H3,(H,16,18). The highest BCUT2D eigenvalue weighted by atomic mass is 79.9. The fourth-order valence-corrected chi connectivity index (χ4v) is 3.02. The van der Waals surface area contributed by atoms with Crippen molar-refractivity contribution in [2.45, 2.75) is 13.0 Å². The first-order chi connectivity index (χ1) is 8.97. The van der Waals surface area contributed by atoms with E-state index in [2.05, 4.69) is 21.2 Å². The highest BCUT2D eigenvalue weighted by Crippen LogP contribution is 2.28. The Balaban J connectivity index is 2.15. The van der Waals surface area contributed by atoms with Gasteiger partial charge in [0.25, 0.3) is 5.91 Å². The predicted octanol–water partition coefficient (Wildman–Crippen LogP) is 4.36. The molecule has 1 unspecified atom stereocenters. The molecule has 0 radical (unpaired) electrons. The molecular weight excluding hydrogens is 350 g/mol. The van der Waals surface area contributed by atoms with E-state index in [1.54, 1.807) is 18.2 Å². The Morgan fingerprint density at radius 3 is 2.79 bits per heavy atom. The maximum absolute atomic E-state index is 12.1. The number of aromatic hydroxyl groups is 1. The molecule has 0 fully saturated rings. The number of hydrogen-bond acceptors (Lipinski definition) is 3. The van der Waals surface area contributed by atoms with E-state index in [0.717, 1.165) is 9.35 Å². The number of phenolic OH excluding ortho intramolecular Hbond substituents is 1. The lowest BCUT2D eigenvalue weighted by atomic mass is 10.1. The molecule has 0 spiro atoms. The van der Waals surface area contributed by atoms with Gasteiger partial charge < -0.3 is 10.4 Å². The van der Waals surface area contributed by atoms with Crippen LogP contribution in [0.5, 0.6) is 5.75 Å². The molecule has 1 aromatic carbocycles. The van der Waals surface area contributed by atoms with Crippen LogP contribution in [0.15, 0.2) is 34.8 Å². The molecule has 0 aliphatic rings. The SMILES string of the molecule is CC(NC(=O)c1cc(Br)ccc1O)c1ccc(Cl)s1. The third-order valence-electron chi connectivity index (χ3n) is 2.57. The second kappa shape index (κ2) is 5.94. The van der Waals surface area contributed by atoms with Crippen LogP contribution in [-0.2, 0) is 0 Å². The average Bonchev–Trinajstić information content (AvgIpc) is 2.79. The lowest BCUT2D eigenvalue weighted by Gasteiger charge is -2.13. The minimum atomic E-state index is -0.323. The van der Waals surface area contributed by atoms with Gasteiger partial charge in [-0.3, -0.25) is 4.79 Å². The number of rotatable bonds is 3. The molecule has 3 nitrogen and oxygen atoms in total. The maximum atomic E-state index is 12.1. The largest absolute Gasteiger partial charge is 0.507 e. The molecule has 0 bridgehead atoms. The molecule has 2 aromatic rings. The van der Waals surface area contributed by atoms with Crippen LogP contribution in [0.1, 0.15) is 28.2 Å². The summed E-state index contributed by atoms with van der Waals surface area (Å²) in [4.78, 5) is 13.1. The zero-order valence-electron chi connectivity index (χ0n) is 9.98. The summed E-state index contributed by atoms with van der Waals surface area (Å²) in [7, 11) is 0. The molecule has 1 aromatic heterocycles. The van der Waals surface area contributed by atoms with Crippen molar-refractivity contribution < 1.29 is 9.90 Å². The molecule has 6 heteroatoms. The van der Waals surface area contributed by atoms with Crippen LogP contribution in [0.25, 0.3) is 0 Å². The van der Waals surface area contributed by atoms with E-state index in [4.69, 9.17) is 11.6 Å². The van der Waals surface area contributed by atoms with Gasteiger partial charge in [0.15, 0.2) is 0 Å². The Morgan fingerprint density at radius 1 is 1.42 bits per heavy atom. The molecule has 1 amide bonds. The van der Waals surface area contributed by atoms with Crippen LogP contribution < -0.4 is 5.32 Å². The van der Waals surface area contributed by atoms with Crippen molar-refractivity contribution in [3.05, 3.63) is 49.6 Å². The number of thiophene rings is 1. The van der Waals surface area contributed by atoms with Crippen LogP contribution in [-0.4, -0.2) is 11.0 Å². The average molecular weight is 361 g/mol. The summed E-state index contributed by atoms with van der Waals surface area (Å²) in [6.07, 6.45) is 0. The third kappa shape index (κ3) is 3.49. The molecular formula is C13H11BrClNO2S. The van der Waals surface area contributed by atoms with E-state index >= 15 is 0 Å². The summed E-state index contributed by atoms with van der Waals surface area (Å²) < 4.78 is 1.42. The highest BCUT2D eigenvalue weighted by molar-refractivity contribution is 9.10. The number of carbonyl (C=O) groups excluding carboxylic acids is 1. The van der Waals surface area contributed by atoms with Crippen molar-refractivity contribution in [1.29, 1.82) is 0 Å². The molecule has 2 rings (SSSR count). The van der Waals surface area contributed by atoms with Crippen LogP contribution in [0.2, 0.25) is 4.34 Å². The van der Waals surface area contributed by atoms with E-state index in [1.807, 2.05) is 13.0 Å². The van der Waals surface area contributed by atoms with Crippen molar-refractivity contribution >= 4 is 44.8 Å². The number of carbonyl (C=O) groups is 1. The van der Waals surface area contributed by atoms with Crippen LogP contribution in [0, 0.1) is 0 Å². The quantitative estimate of drug-likeness (QED) is 0.854. The van der Waals surface area contributed by atoms with Crippen LogP contribution in [0.3, 0.4) is 0 Å². The molecule has 0 saturated carbocycles. The molecule has 0 aliphatic carbocycles. The van der Waals surface area contributed by atoms with Gasteiger partial charge in [-0.25, -0.2) is 0 Å². The first kappa shape index (κ1) is 14.4. The summed E-state index contributed by atoms with van der Waals surface area (Å²) >= 11 is 10.6. The molecule has 1 heterocycles. The molecule has 2 N–H and O–H groups in total. The minimum Gasteiger partial charge on any atom is -0.507 e. The molecule has 0 saturated heterocycles. The van der Waals surface area contributed by atoms with E-state index in [9.17, 15) is 9.90 Å². The van der Waals surface area contributed by atoms with E-state index in [-0.39, 0.29) is 23.3 Å². The van der Waals surface area contributed by atoms with Crippen molar-refractivity contribution in [2.24, 2.45) is 0 Å². The van der Waals surface area contributed by atoms with Crippen molar-refractivity contribution in [3.63, 3.8) is 0 Å². The van der Waals surface area contributed by atoms with Gasteiger partial charge in [-0.05, 0) is 37.3 Å². The molecule has 19 heavy (non-hydrogen) atoms. The van der Waals surface area contributed by atoms with Gasteiger partial charge in [-0.15, -0.1) is 11.3 Å². The lowest BCUT2D eigenvalue weighted by Crippen LogP contribution is -2.26. The van der Waals surface area contributed by atoms with Crippen LogP contribution in [0.4, 0.5) is 0 Å². The van der Waals surface area contributed by atoms with Crippen molar-refractivity contribution in [1.82, 2.24) is 5.32 Å². The summed E-state index contributed by atoms with van der Waals surface area (Å²) in [5.74, 6) is -0.368. The number of amides is 1. The second-order valence-corrected chi connectivity index (χ2v) is 6.66. The van der Waals surface area contributed by atoms with Gasteiger partial charge in [-0.1, -0.05) is 27.5 Å². The first-order valence-corrected chi connectivity index (χ1v) is 7.50. The normalized spacial score (nSPS) is 12.2. The summed E-state index contributed by atoms with van der Waals surface area (Å²) in [5, 5.41) is 12.5. The Labute approximate surface area is 128 Å². The Morgan fingerprint density at radius 2 is 2.16 bits per heavy atom. The number of phenols is 1. The van der Waals surface area contributed by atoms with Crippen molar-refractivity contribution in [3.8, 4) is 5.75 Å². The van der Waals surface area contributed by atoms with Gasteiger partial charge in [0.2, 0.25) is 0 Å². The first-order valence-electron chi connectivity index (χ1n) is 5.52. The fraction of sp³-hybridized carbons (Fsp3) is 0.154. The summed E-state index contributed by atoms with van der Waals surface area (Å²) in [5.41, 5.74) is 0.240. The molecule has 1 atom stereocenters. The number of nitrogens with one attached hydrogen (secondary N) is 1. The predicted molar refractivity (Wildman–Crippen MR) is 81.0 cm³/mol. The topological polar surface area (TPSA) is 49.3 Å². The minimum absolute atomic E-state index is 0.0443. The Kier molecular flexibility index (Phi) is 4.50. The van der Waals surface area contributed by atoms with E-state index < -0.39 is 0 Å². The van der Waals surface area contributed by atoms with E-state index in [1.165, 1.54) is 17.4 Å². The second-order valence-electron chi connectivity index (χ2n) is 4.00. The van der Waals surface area contributed by atoms with Crippen LogP contribution >= 0.6 is 38.9 Å². The van der Waals surface area contributed by atoms with Crippen molar-refractivity contribution in [2.75, 3.05) is 0 Å². The monoisotopic (exact) mass is 359 g/mol. The Bertz CT molecular complexity index is 614. The number of halogens is 2. The third-order valence-corrected chi connectivity index (χ3v) is 4.48. The number of hydrogen-bond donors (Lipinski definition) is 2.